The topological polar surface area (TPSA) is 35.2 Å². The normalized spacial score (nSPS) is 24.6. The van der Waals surface area contributed by atoms with E-state index in [2.05, 4.69) is 18.2 Å². The number of benzene rings is 1. The van der Waals surface area contributed by atoms with Crippen molar-refractivity contribution in [3.63, 3.8) is 0 Å². The van der Waals surface area contributed by atoms with Crippen LogP contribution in [0.4, 0.5) is 0 Å². The summed E-state index contributed by atoms with van der Waals surface area (Å²) >= 11 is 0. The van der Waals surface area contributed by atoms with Gasteiger partial charge in [-0.15, -0.1) is 0 Å². The second kappa shape index (κ2) is 4.69. The molecular formula is C15H21NO. The van der Waals surface area contributed by atoms with E-state index in [-0.39, 0.29) is 6.04 Å². The minimum absolute atomic E-state index is 0.214. The molecule has 2 nitrogen and oxygen atoms in total. The van der Waals surface area contributed by atoms with Gasteiger partial charge in [-0.1, -0.05) is 6.07 Å². The van der Waals surface area contributed by atoms with Crippen molar-refractivity contribution in [2.45, 2.75) is 57.1 Å². The Labute approximate surface area is 103 Å². The molecule has 2 aliphatic rings. The summed E-state index contributed by atoms with van der Waals surface area (Å²) < 4.78 is 6.03. The molecule has 1 fully saturated rings. The highest BCUT2D eigenvalue weighted by Crippen LogP contribution is 2.32. The van der Waals surface area contributed by atoms with E-state index in [4.69, 9.17) is 10.5 Å². The van der Waals surface area contributed by atoms with Crippen molar-refractivity contribution in [3.05, 3.63) is 29.3 Å². The summed E-state index contributed by atoms with van der Waals surface area (Å²) in [5.74, 6) is 1.02. The molecule has 0 amide bonds. The van der Waals surface area contributed by atoms with E-state index >= 15 is 0 Å². The number of fused-ring (bicyclic) bond motifs is 1. The molecule has 0 heterocycles. The number of ether oxygens (including phenoxy) is 1. The van der Waals surface area contributed by atoms with E-state index in [9.17, 15) is 0 Å². The predicted molar refractivity (Wildman–Crippen MR) is 69.2 cm³/mol. The lowest BCUT2D eigenvalue weighted by Gasteiger charge is -2.23. The quantitative estimate of drug-likeness (QED) is 0.847. The van der Waals surface area contributed by atoms with Crippen LogP contribution in [0.25, 0.3) is 0 Å². The van der Waals surface area contributed by atoms with Gasteiger partial charge in [-0.25, -0.2) is 0 Å². The van der Waals surface area contributed by atoms with Crippen LogP contribution >= 0.6 is 0 Å². The third-order valence-electron chi connectivity index (χ3n) is 4.08. The minimum atomic E-state index is 0.214. The predicted octanol–water partition coefficient (Wildman–Crippen LogP) is 3.34. The van der Waals surface area contributed by atoms with Crippen LogP contribution in [0, 0.1) is 0 Å². The van der Waals surface area contributed by atoms with Crippen LogP contribution in [0.3, 0.4) is 0 Å². The van der Waals surface area contributed by atoms with Gasteiger partial charge in [0, 0.05) is 6.04 Å². The van der Waals surface area contributed by atoms with Crippen LogP contribution in [-0.4, -0.2) is 6.10 Å². The molecule has 92 valence electrons. The maximum atomic E-state index is 6.17. The Hall–Kier alpha value is -1.02. The molecule has 0 aromatic heterocycles. The van der Waals surface area contributed by atoms with E-state index in [1.54, 1.807) is 0 Å². The summed E-state index contributed by atoms with van der Waals surface area (Å²) in [5.41, 5.74) is 8.90. The molecule has 0 unspecified atom stereocenters. The molecule has 1 saturated carbocycles. The average Bonchev–Trinajstić information content (AvgIpc) is 2.83. The summed E-state index contributed by atoms with van der Waals surface area (Å²) in [6, 6.07) is 6.72. The maximum absolute atomic E-state index is 6.17. The Morgan fingerprint density at radius 1 is 1.06 bits per heavy atom. The van der Waals surface area contributed by atoms with Gasteiger partial charge in [0.2, 0.25) is 0 Å². The Morgan fingerprint density at radius 2 is 1.88 bits per heavy atom. The van der Waals surface area contributed by atoms with Crippen molar-refractivity contribution in [1.82, 2.24) is 0 Å². The fourth-order valence-electron chi connectivity index (χ4n) is 3.09. The molecule has 0 aliphatic heterocycles. The molecule has 2 aliphatic carbocycles. The fraction of sp³-hybridized carbons (Fsp3) is 0.600. The van der Waals surface area contributed by atoms with Gasteiger partial charge in [0.25, 0.3) is 0 Å². The molecule has 1 aromatic carbocycles. The van der Waals surface area contributed by atoms with Gasteiger partial charge in [-0.3, -0.25) is 0 Å². The van der Waals surface area contributed by atoms with Gasteiger partial charge in [-0.2, -0.15) is 0 Å². The molecule has 3 rings (SSSR count). The number of aryl methyl sites for hydroxylation is 1. The molecule has 2 N–H and O–H groups in total. The van der Waals surface area contributed by atoms with Crippen LogP contribution in [0.15, 0.2) is 18.2 Å². The lowest BCUT2D eigenvalue weighted by Crippen LogP contribution is -2.18. The summed E-state index contributed by atoms with van der Waals surface area (Å²) in [6.45, 7) is 0. The fourth-order valence-corrected chi connectivity index (χ4v) is 3.09. The average molecular weight is 231 g/mol. The molecule has 0 spiro atoms. The SMILES string of the molecule is N[C@H]1CCCc2ccc(OC3CCCC3)cc21. The first-order chi connectivity index (χ1) is 8.33. The number of hydrogen-bond donors (Lipinski definition) is 1. The van der Waals surface area contributed by atoms with Crippen molar-refractivity contribution < 1.29 is 4.74 Å². The van der Waals surface area contributed by atoms with Crippen molar-refractivity contribution in [2.75, 3.05) is 0 Å². The van der Waals surface area contributed by atoms with E-state index in [0.29, 0.717) is 6.10 Å². The van der Waals surface area contributed by atoms with Crippen molar-refractivity contribution in [2.24, 2.45) is 5.73 Å². The second-order valence-corrected chi connectivity index (χ2v) is 5.38. The Kier molecular flexibility index (Phi) is 3.06. The lowest BCUT2D eigenvalue weighted by atomic mass is 9.88. The van der Waals surface area contributed by atoms with E-state index in [0.717, 1.165) is 12.2 Å². The monoisotopic (exact) mass is 231 g/mol. The van der Waals surface area contributed by atoms with Gasteiger partial charge in [-0.05, 0) is 68.2 Å². The third kappa shape index (κ3) is 2.32. The summed E-state index contributed by atoms with van der Waals surface area (Å²) in [5, 5.41) is 0. The van der Waals surface area contributed by atoms with Gasteiger partial charge in [0.05, 0.1) is 6.10 Å². The van der Waals surface area contributed by atoms with Crippen molar-refractivity contribution in [3.8, 4) is 5.75 Å². The summed E-state index contributed by atoms with van der Waals surface area (Å²) in [6.07, 6.45) is 8.99. The highest BCUT2D eigenvalue weighted by molar-refractivity contribution is 5.39. The number of nitrogens with two attached hydrogens (primary N) is 1. The van der Waals surface area contributed by atoms with Crippen LogP contribution < -0.4 is 10.5 Å². The van der Waals surface area contributed by atoms with Gasteiger partial charge < -0.3 is 10.5 Å². The van der Waals surface area contributed by atoms with Crippen molar-refractivity contribution in [1.29, 1.82) is 0 Å². The maximum Gasteiger partial charge on any atom is 0.120 e. The zero-order valence-corrected chi connectivity index (χ0v) is 10.3. The van der Waals surface area contributed by atoms with Gasteiger partial charge in [0.1, 0.15) is 5.75 Å². The first-order valence-electron chi connectivity index (χ1n) is 6.88. The molecule has 1 atom stereocenters. The zero-order chi connectivity index (χ0) is 11.7. The van der Waals surface area contributed by atoms with E-state index in [1.165, 1.54) is 49.7 Å². The summed E-state index contributed by atoms with van der Waals surface area (Å²) in [7, 11) is 0. The van der Waals surface area contributed by atoms with E-state index < -0.39 is 0 Å². The second-order valence-electron chi connectivity index (χ2n) is 5.38. The molecule has 17 heavy (non-hydrogen) atoms. The number of rotatable bonds is 2. The first-order valence-corrected chi connectivity index (χ1v) is 6.88. The van der Waals surface area contributed by atoms with Gasteiger partial charge in [0.15, 0.2) is 0 Å². The first kappa shape index (κ1) is 11.1. The van der Waals surface area contributed by atoms with Crippen LogP contribution in [0.5, 0.6) is 5.75 Å². The smallest absolute Gasteiger partial charge is 0.120 e. The van der Waals surface area contributed by atoms with Crippen LogP contribution in [0.1, 0.15) is 55.7 Å². The zero-order valence-electron chi connectivity index (χ0n) is 10.3. The largest absolute Gasteiger partial charge is 0.490 e. The molecule has 0 radical (unpaired) electrons. The Balaban J connectivity index is 1.79. The molecule has 1 aromatic rings. The molecule has 0 bridgehead atoms. The lowest BCUT2D eigenvalue weighted by molar-refractivity contribution is 0.209. The van der Waals surface area contributed by atoms with E-state index in [1.807, 2.05) is 0 Å². The Morgan fingerprint density at radius 3 is 2.71 bits per heavy atom. The van der Waals surface area contributed by atoms with Crippen LogP contribution in [0.2, 0.25) is 0 Å². The molecule has 2 heteroatoms. The minimum Gasteiger partial charge on any atom is -0.490 e. The third-order valence-corrected chi connectivity index (χ3v) is 4.08. The number of hydrogen-bond acceptors (Lipinski definition) is 2. The standard InChI is InChI=1S/C15H21NO/c16-15-7-3-4-11-8-9-13(10-14(11)15)17-12-5-1-2-6-12/h8-10,12,15H,1-7,16H2/t15-/m0/s1. The highest BCUT2D eigenvalue weighted by atomic mass is 16.5. The Bertz CT molecular complexity index is 396. The molecule has 0 saturated heterocycles. The van der Waals surface area contributed by atoms with Crippen molar-refractivity contribution >= 4 is 0 Å². The summed E-state index contributed by atoms with van der Waals surface area (Å²) in [4.78, 5) is 0. The van der Waals surface area contributed by atoms with Crippen LogP contribution in [-0.2, 0) is 6.42 Å². The van der Waals surface area contributed by atoms with Gasteiger partial charge >= 0.3 is 0 Å². The molecular weight excluding hydrogens is 210 g/mol. The highest BCUT2D eigenvalue weighted by Gasteiger charge is 2.20.